The van der Waals surface area contributed by atoms with Crippen LogP contribution in [-0.2, 0) is 12.8 Å². The fourth-order valence-electron chi connectivity index (χ4n) is 11.5. The molecule has 67 heavy (non-hydrogen) atoms. The van der Waals surface area contributed by atoms with Gasteiger partial charge in [-0.3, -0.25) is 4.90 Å². The van der Waals surface area contributed by atoms with Crippen LogP contribution in [0.3, 0.4) is 0 Å². The molecular weight excluding hydrogens is 849 g/mol. The van der Waals surface area contributed by atoms with Crippen molar-refractivity contribution in [1.82, 2.24) is 34.6 Å². The van der Waals surface area contributed by atoms with Crippen LogP contribution in [0.2, 0.25) is 0 Å². The molecule has 5 aliphatic rings. The number of nitrogens with one attached hydrogen (secondary N) is 4. The van der Waals surface area contributed by atoms with Crippen LogP contribution in [0.25, 0.3) is 35.0 Å². The zero-order valence-corrected chi connectivity index (χ0v) is 40.0. The fourth-order valence-corrected chi connectivity index (χ4v) is 12.1. The summed E-state index contributed by atoms with van der Waals surface area (Å²) < 4.78 is 4.63. The number of allylic oxidation sites excluding steroid dienone is 2. The van der Waals surface area contributed by atoms with Gasteiger partial charge >= 0.3 is 0 Å². The maximum Gasteiger partial charge on any atom is 0.231 e. The van der Waals surface area contributed by atoms with Gasteiger partial charge in [-0.15, -0.1) is 0 Å². The van der Waals surface area contributed by atoms with Crippen LogP contribution in [0.4, 0.5) is 40.2 Å². The molecule has 0 radical (unpaired) electrons. The number of H-pyrrole nitrogens is 1. The van der Waals surface area contributed by atoms with E-state index in [1.54, 1.807) is 11.9 Å². The van der Waals surface area contributed by atoms with Crippen molar-refractivity contribution in [3.63, 3.8) is 0 Å². The first-order valence-corrected chi connectivity index (χ1v) is 25.4. The third-order valence-corrected chi connectivity index (χ3v) is 16.1. The van der Waals surface area contributed by atoms with Crippen molar-refractivity contribution in [3.05, 3.63) is 126 Å². The Morgan fingerprint density at radius 3 is 2.39 bits per heavy atom. The molecule has 3 aromatic heterocycles. The Bertz CT molecular complexity index is 3000. The molecule has 1 unspecified atom stereocenters. The van der Waals surface area contributed by atoms with E-state index in [4.69, 9.17) is 9.97 Å². The lowest BCUT2D eigenvalue weighted by atomic mass is 9.94. The maximum atomic E-state index is 5.02. The SMILES string of the molecule is C=C1CCC(n2c(=C)c3ccc(N4CC(C(=C)N5CCN(C6CCN(c7ccc(Nc8nc(Nc9cccc%10c9N(SC)CC%10)c9cc[nH]c9n8)cc7CC)CC6)CC5)C4)cc3c2=C)C(=C)N1. The minimum Gasteiger partial charge on any atom is -0.372 e. The Hall–Kier alpha value is -6.31. The number of benzene rings is 3. The van der Waals surface area contributed by atoms with E-state index in [1.807, 2.05) is 12.3 Å². The van der Waals surface area contributed by atoms with Crippen LogP contribution < -0.4 is 40.8 Å². The smallest absolute Gasteiger partial charge is 0.231 e. The largest absolute Gasteiger partial charge is 0.372 e. The van der Waals surface area contributed by atoms with Crippen molar-refractivity contribution in [2.24, 2.45) is 5.92 Å². The van der Waals surface area contributed by atoms with Crippen molar-refractivity contribution in [2.75, 3.05) is 89.9 Å². The second kappa shape index (κ2) is 17.7. The Morgan fingerprint density at radius 2 is 1.61 bits per heavy atom. The minimum absolute atomic E-state index is 0.133. The van der Waals surface area contributed by atoms with E-state index in [0.717, 1.165) is 135 Å². The van der Waals surface area contributed by atoms with Crippen LogP contribution in [0, 0.1) is 5.92 Å². The number of hydrogen-bond donors (Lipinski definition) is 4. The summed E-state index contributed by atoms with van der Waals surface area (Å²) in [7, 11) is 0. The van der Waals surface area contributed by atoms with Crippen molar-refractivity contribution in [2.45, 2.75) is 57.5 Å². The Balaban J connectivity index is 0.675. The lowest BCUT2D eigenvalue weighted by molar-refractivity contribution is 0.0942. The van der Waals surface area contributed by atoms with E-state index in [1.165, 1.54) is 57.5 Å². The molecule has 6 aromatic rings. The van der Waals surface area contributed by atoms with Gasteiger partial charge in [0.05, 0.1) is 22.8 Å². The van der Waals surface area contributed by atoms with Gasteiger partial charge in [0.15, 0.2) is 0 Å². The molecule has 8 heterocycles. The lowest BCUT2D eigenvalue weighted by Gasteiger charge is -2.48. The summed E-state index contributed by atoms with van der Waals surface area (Å²) in [5, 5.41) is 15.9. The molecule has 3 aromatic carbocycles. The van der Waals surface area contributed by atoms with E-state index in [0.29, 0.717) is 17.9 Å². The number of nitrogens with zero attached hydrogens (tertiary/aromatic N) is 8. The summed E-state index contributed by atoms with van der Waals surface area (Å²) in [6, 6.07) is 22.8. The number of piperidine rings is 2. The first-order chi connectivity index (χ1) is 32.6. The predicted molar refractivity (Wildman–Crippen MR) is 282 cm³/mol. The number of rotatable bonds is 12. The molecule has 4 N–H and O–H groups in total. The lowest BCUT2D eigenvalue weighted by Crippen LogP contribution is -2.56. The molecular formula is C54H64N12S. The van der Waals surface area contributed by atoms with Crippen LogP contribution in [0.5, 0.6) is 0 Å². The predicted octanol–water partition coefficient (Wildman–Crippen LogP) is 8.61. The van der Waals surface area contributed by atoms with Crippen LogP contribution in [0.15, 0.2) is 104 Å². The number of aryl methyl sites for hydroxylation is 1. The molecule has 5 aliphatic heterocycles. The number of fused-ring (bicyclic) bond motifs is 3. The first-order valence-electron chi connectivity index (χ1n) is 24.2. The zero-order chi connectivity index (χ0) is 45.9. The molecule has 12 nitrogen and oxygen atoms in total. The van der Waals surface area contributed by atoms with Gasteiger partial charge in [-0.25, -0.2) is 0 Å². The van der Waals surface area contributed by atoms with Gasteiger partial charge in [0.1, 0.15) is 11.5 Å². The average molecular weight is 913 g/mol. The summed E-state index contributed by atoms with van der Waals surface area (Å²) in [6.45, 7) is 33.8. The van der Waals surface area contributed by atoms with E-state index >= 15 is 0 Å². The van der Waals surface area contributed by atoms with Crippen LogP contribution in [-0.4, -0.2) is 101 Å². The van der Waals surface area contributed by atoms with Gasteiger partial charge in [0.25, 0.3) is 0 Å². The summed E-state index contributed by atoms with van der Waals surface area (Å²) in [4.78, 5) is 23.6. The summed E-state index contributed by atoms with van der Waals surface area (Å²) >= 11 is 1.76. The molecule has 4 saturated heterocycles. The Labute approximate surface area is 398 Å². The second-order valence-corrected chi connectivity index (χ2v) is 19.9. The van der Waals surface area contributed by atoms with Gasteiger partial charge in [0, 0.05) is 139 Å². The molecule has 0 amide bonds. The standard InChI is InChI=1S/C54H64N12S/c1-8-39-30-42(57-54-59-52-46(18-22-55-52)53(60-54)58-48-11-9-10-40-19-25-65(67-7)51(40)48)13-17-50(39)63-23-20-43(21-24-63)62-28-26-61(27-29-62)36(4)41-32-64(33-41)44-14-15-45-37(5)66(38(6)47(45)31-44)49-16-12-34(2)56-35(49)3/h9-11,13-15,17-18,22,30-31,41,43,49,56H,2-6,8,12,16,19-21,23-29,32-33H2,1,7H3,(H3,55,57,58,59,60). The second-order valence-electron chi connectivity index (χ2n) is 19.1. The number of anilines is 7. The quantitative estimate of drug-likeness (QED) is 0.0890. The summed E-state index contributed by atoms with van der Waals surface area (Å²) in [6.07, 6.45) is 10.3. The first kappa shape index (κ1) is 43.3. The molecule has 0 aliphatic carbocycles. The van der Waals surface area contributed by atoms with Crippen LogP contribution in [0.1, 0.15) is 49.8 Å². The molecule has 4 fully saturated rings. The number of para-hydroxylation sites is 1. The van der Waals surface area contributed by atoms with Crippen molar-refractivity contribution in [3.8, 4) is 0 Å². The number of aromatic amines is 1. The Morgan fingerprint density at radius 1 is 0.806 bits per heavy atom. The molecule has 0 spiro atoms. The van der Waals surface area contributed by atoms with Crippen molar-refractivity contribution < 1.29 is 0 Å². The van der Waals surface area contributed by atoms with Gasteiger partial charge in [0.2, 0.25) is 5.95 Å². The topological polar surface area (TPSA) is 98.8 Å². The van der Waals surface area contributed by atoms with E-state index in [2.05, 4.69) is 150 Å². The third-order valence-electron chi connectivity index (χ3n) is 15.3. The number of hydrogen-bond acceptors (Lipinski definition) is 11. The van der Waals surface area contributed by atoms with Crippen molar-refractivity contribution >= 4 is 87.1 Å². The average Bonchev–Trinajstić information content (AvgIpc) is 4.05. The molecule has 1 atom stereocenters. The zero-order valence-electron chi connectivity index (χ0n) is 39.2. The van der Waals surface area contributed by atoms with E-state index in [9.17, 15) is 0 Å². The third kappa shape index (κ3) is 7.99. The van der Waals surface area contributed by atoms with Gasteiger partial charge < -0.3 is 44.5 Å². The maximum absolute atomic E-state index is 5.02. The highest BCUT2D eigenvalue weighted by molar-refractivity contribution is 8.00. The minimum atomic E-state index is 0.133. The Kier molecular flexibility index (Phi) is 11.5. The van der Waals surface area contributed by atoms with E-state index < -0.39 is 0 Å². The monoisotopic (exact) mass is 913 g/mol. The fraction of sp³-hybridized carbons (Fsp3) is 0.370. The van der Waals surface area contributed by atoms with Gasteiger partial charge in [-0.05, 0) is 92.1 Å². The normalized spacial score (nSPS) is 19.6. The molecule has 0 bridgehead atoms. The van der Waals surface area contributed by atoms with Crippen LogP contribution >= 0.6 is 11.9 Å². The van der Waals surface area contributed by atoms with Gasteiger partial charge in [-0.2, -0.15) is 9.97 Å². The van der Waals surface area contributed by atoms with Gasteiger partial charge in [-0.1, -0.05) is 70.0 Å². The summed E-state index contributed by atoms with van der Waals surface area (Å²) in [5.41, 5.74) is 12.7. The molecule has 0 saturated carbocycles. The highest BCUT2D eigenvalue weighted by Crippen LogP contribution is 2.41. The molecule has 11 rings (SSSR count). The van der Waals surface area contributed by atoms with E-state index in [-0.39, 0.29) is 6.04 Å². The number of piperazine rings is 1. The highest BCUT2D eigenvalue weighted by Gasteiger charge is 2.35. The highest BCUT2D eigenvalue weighted by atomic mass is 32.2. The van der Waals surface area contributed by atoms with Crippen molar-refractivity contribution in [1.29, 1.82) is 0 Å². The molecule has 13 heteroatoms. The summed E-state index contributed by atoms with van der Waals surface area (Å²) in [5.74, 6) is 1.83. The molecule has 346 valence electrons. The number of aromatic nitrogens is 4.